The highest BCUT2D eigenvalue weighted by Gasteiger charge is 2.34. The number of aryl methyl sites for hydroxylation is 1. The number of anilines is 1. The SMILES string of the molecule is CC(=O)Nc1cc(-c2c(F)cc3ncc4c5c3c2OCC(C)(C)n5c(=O)n4C)cnc1OCCCN(C)C. The van der Waals surface area contributed by atoms with Crippen LogP contribution in [0.2, 0.25) is 0 Å². The number of amides is 1. The number of halogens is 1. The van der Waals surface area contributed by atoms with Crippen LogP contribution < -0.4 is 20.5 Å². The molecule has 1 aliphatic heterocycles. The van der Waals surface area contributed by atoms with Gasteiger partial charge in [-0.25, -0.2) is 14.2 Å². The van der Waals surface area contributed by atoms with E-state index < -0.39 is 11.4 Å². The average molecular weight is 523 g/mol. The van der Waals surface area contributed by atoms with Gasteiger partial charge >= 0.3 is 5.69 Å². The minimum Gasteiger partial charge on any atom is -0.490 e. The van der Waals surface area contributed by atoms with Crippen molar-refractivity contribution >= 4 is 33.5 Å². The monoisotopic (exact) mass is 522 g/mol. The number of benzene rings is 1. The second-order valence-electron chi connectivity index (χ2n) is 10.5. The maximum atomic E-state index is 15.8. The van der Waals surface area contributed by atoms with Crippen molar-refractivity contribution in [3.8, 4) is 22.8 Å². The maximum absolute atomic E-state index is 15.8. The van der Waals surface area contributed by atoms with Crippen molar-refractivity contribution in [3.63, 3.8) is 0 Å². The predicted octanol–water partition coefficient (Wildman–Crippen LogP) is 3.51. The molecule has 10 nitrogen and oxygen atoms in total. The Bertz CT molecular complexity index is 1640. The quantitative estimate of drug-likeness (QED) is 0.371. The van der Waals surface area contributed by atoms with Crippen molar-refractivity contribution in [3.05, 3.63) is 40.8 Å². The van der Waals surface area contributed by atoms with Crippen LogP contribution in [0.3, 0.4) is 0 Å². The zero-order chi connectivity index (χ0) is 27.4. The van der Waals surface area contributed by atoms with Crippen molar-refractivity contribution in [2.24, 2.45) is 7.05 Å². The summed E-state index contributed by atoms with van der Waals surface area (Å²) in [6.45, 7) is 6.56. The number of imidazole rings is 1. The molecule has 0 saturated heterocycles. The molecule has 4 heterocycles. The molecular weight excluding hydrogens is 491 g/mol. The Morgan fingerprint density at radius 2 is 2.03 bits per heavy atom. The van der Waals surface area contributed by atoms with E-state index >= 15 is 4.39 Å². The van der Waals surface area contributed by atoms with Gasteiger partial charge in [-0.15, -0.1) is 0 Å². The van der Waals surface area contributed by atoms with E-state index in [0.29, 0.717) is 39.8 Å². The van der Waals surface area contributed by atoms with Crippen LogP contribution >= 0.6 is 0 Å². The minimum absolute atomic E-state index is 0.130. The number of hydrogen-bond acceptors (Lipinski definition) is 7. The van der Waals surface area contributed by atoms with Crippen LogP contribution in [0, 0.1) is 5.82 Å². The summed E-state index contributed by atoms with van der Waals surface area (Å²) in [6, 6.07) is 2.96. The molecule has 0 aliphatic carbocycles. The number of hydrogen-bond donors (Lipinski definition) is 1. The molecule has 0 radical (unpaired) electrons. The van der Waals surface area contributed by atoms with Crippen LogP contribution in [0.25, 0.3) is 33.1 Å². The first-order chi connectivity index (χ1) is 18.0. The summed E-state index contributed by atoms with van der Waals surface area (Å²) in [5, 5.41) is 3.29. The summed E-state index contributed by atoms with van der Waals surface area (Å²) < 4.78 is 31.1. The van der Waals surface area contributed by atoms with E-state index in [1.807, 2.05) is 32.8 Å². The van der Waals surface area contributed by atoms with Gasteiger partial charge in [0.1, 0.15) is 23.9 Å². The zero-order valence-corrected chi connectivity index (χ0v) is 22.4. The lowest BCUT2D eigenvalue weighted by molar-refractivity contribution is -0.114. The van der Waals surface area contributed by atoms with E-state index in [1.165, 1.54) is 19.2 Å². The molecular formula is C27H31FN6O4. The third-order valence-electron chi connectivity index (χ3n) is 6.70. The van der Waals surface area contributed by atoms with Gasteiger partial charge in [-0.3, -0.25) is 18.9 Å². The largest absolute Gasteiger partial charge is 0.490 e. The van der Waals surface area contributed by atoms with Crippen molar-refractivity contribution in [2.45, 2.75) is 32.7 Å². The maximum Gasteiger partial charge on any atom is 0.329 e. The summed E-state index contributed by atoms with van der Waals surface area (Å²) in [7, 11) is 5.64. The van der Waals surface area contributed by atoms with E-state index in [4.69, 9.17) is 9.47 Å². The van der Waals surface area contributed by atoms with Crippen LogP contribution in [-0.2, 0) is 17.4 Å². The number of nitrogens with zero attached hydrogens (tertiary/aromatic N) is 5. The molecule has 0 unspecified atom stereocenters. The Labute approximate surface area is 219 Å². The Morgan fingerprint density at radius 1 is 1.26 bits per heavy atom. The molecule has 0 bridgehead atoms. The minimum atomic E-state index is -0.707. The molecule has 5 rings (SSSR count). The van der Waals surface area contributed by atoms with Gasteiger partial charge in [0.2, 0.25) is 11.8 Å². The van der Waals surface area contributed by atoms with Crippen molar-refractivity contribution in [1.29, 1.82) is 0 Å². The van der Waals surface area contributed by atoms with Crippen LogP contribution in [0.1, 0.15) is 27.2 Å². The highest BCUT2D eigenvalue weighted by atomic mass is 19.1. The molecule has 38 heavy (non-hydrogen) atoms. The topological polar surface area (TPSA) is 104 Å². The van der Waals surface area contributed by atoms with E-state index in [-0.39, 0.29) is 35.4 Å². The van der Waals surface area contributed by atoms with Crippen molar-refractivity contribution < 1.29 is 18.7 Å². The van der Waals surface area contributed by atoms with Gasteiger partial charge < -0.3 is 19.7 Å². The third kappa shape index (κ3) is 4.26. The van der Waals surface area contributed by atoms with Crippen molar-refractivity contribution in [2.75, 3.05) is 39.2 Å². The highest BCUT2D eigenvalue weighted by molar-refractivity contribution is 6.09. The summed E-state index contributed by atoms with van der Waals surface area (Å²) in [6.07, 6.45) is 3.85. The van der Waals surface area contributed by atoms with Crippen LogP contribution in [-0.4, -0.2) is 63.8 Å². The Kier molecular flexibility index (Phi) is 6.34. The first-order valence-corrected chi connectivity index (χ1v) is 12.4. The average Bonchev–Trinajstić information content (AvgIpc) is 3.03. The lowest BCUT2D eigenvalue weighted by atomic mass is 10.0. The van der Waals surface area contributed by atoms with Gasteiger partial charge in [0, 0.05) is 38.3 Å². The van der Waals surface area contributed by atoms with E-state index in [1.54, 1.807) is 28.4 Å². The number of rotatable bonds is 7. The first-order valence-electron chi connectivity index (χ1n) is 12.4. The second kappa shape index (κ2) is 9.39. The Morgan fingerprint density at radius 3 is 2.74 bits per heavy atom. The smallest absolute Gasteiger partial charge is 0.329 e. The molecule has 0 saturated carbocycles. The third-order valence-corrected chi connectivity index (χ3v) is 6.70. The van der Waals surface area contributed by atoms with Gasteiger partial charge in [0.25, 0.3) is 0 Å². The first kappa shape index (κ1) is 25.7. The van der Waals surface area contributed by atoms with Crippen LogP contribution in [0.5, 0.6) is 11.6 Å². The molecule has 3 aromatic heterocycles. The fourth-order valence-electron chi connectivity index (χ4n) is 4.91. The molecule has 1 aliphatic rings. The molecule has 0 fully saturated rings. The molecule has 1 amide bonds. The standard InChI is InChI=1S/C27H31FN6O4/c1-15(35)31-19-10-16(12-30-25(19)37-9-7-8-32(4)5)21-17(28)11-18-22-23-20(13-29-18)33(6)26(36)34(23)27(2,3)14-38-24(21)22/h10-13H,7-9,14H2,1-6H3,(H,31,35). The fourth-order valence-corrected chi connectivity index (χ4v) is 4.91. The lowest BCUT2D eigenvalue weighted by Gasteiger charge is -2.24. The van der Waals surface area contributed by atoms with Crippen molar-refractivity contribution in [1.82, 2.24) is 24.0 Å². The van der Waals surface area contributed by atoms with E-state index in [2.05, 4.69) is 15.3 Å². The number of carbonyl (C=O) groups is 1. The number of carbonyl (C=O) groups excluding carboxylic acids is 1. The summed E-state index contributed by atoms with van der Waals surface area (Å²) in [5.41, 5.74) is 1.62. The van der Waals surface area contributed by atoms with Gasteiger partial charge in [-0.1, -0.05) is 0 Å². The summed E-state index contributed by atoms with van der Waals surface area (Å²) in [4.78, 5) is 36.1. The predicted molar refractivity (Wildman–Crippen MR) is 143 cm³/mol. The summed E-state index contributed by atoms with van der Waals surface area (Å²) >= 11 is 0. The number of pyridine rings is 2. The lowest BCUT2D eigenvalue weighted by Crippen LogP contribution is -2.40. The van der Waals surface area contributed by atoms with Crippen LogP contribution in [0.4, 0.5) is 10.1 Å². The van der Waals surface area contributed by atoms with E-state index in [9.17, 15) is 9.59 Å². The highest BCUT2D eigenvalue weighted by Crippen LogP contribution is 2.45. The number of nitrogens with one attached hydrogen (secondary N) is 1. The summed E-state index contributed by atoms with van der Waals surface area (Å²) in [5.74, 6) is -0.341. The normalized spacial score (nSPS) is 14.2. The van der Waals surface area contributed by atoms with E-state index in [0.717, 1.165) is 13.0 Å². The molecule has 1 N–H and O–H groups in total. The Hall–Kier alpha value is -3.99. The van der Waals surface area contributed by atoms with Gasteiger partial charge in [-0.2, -0.15) is 0 Å². The number of aromatic nitrogens is 4. The molecule has 4 aromatic rings. The number of ether oxygens (including phenoxy) is 2. The molecule has 200 valence electrons. The van der Waals surface area contributed by atoms with Crippen LogP contribution in [0.15, 0.2) is 29.3 Å². The molecule has 1 aromatic carbocycles. The zero-order valence-electron chi connectivity index (χ0n) is 22.4. The Balaban J connectivity index is 1.70. The van der Waals surface area contributed by atoms with Gasteiger partial charge in [0.05, 0.1) is 45.8 Å². The van der Waals surface area contributed by atoms with Gasteiger partial charge in [0.15, 0.2) is 0 Å². The molecule has 0 atom stereocenters. The second-order valence-corrected chi connectivity index (χ2v) is 10.5. The fraction of sp³-hybridized carbons (Fsp3) is 0.407. The molecule has 11 heteroatoms. The molecule has 0 spiro atoms. The van der Waals surface area contributed by atoms with Gasteiger partial charge in [-0.05, 0) is 40.4 Å².